The lowest BCUT2D eigenvalue weighted by Crippen LogP contribution is -2.21. The van der Waals surface area contributed by atoms with E-state index < -0.39 is 0 Å². The number of ether oxygens (including phenoxy) is 2. The summed E-state index contributed by atoms with van der Waals surface area (Å²) in [5, 5.41) is 2.83. The third-order valence-electron chi connectivity index (χ3n) is 3.46. The maximum atomic E-state index is 12.2. The quantitative estimate of drug-likeness (QED) is 0.727. The standard InChI is InChI=1S/C18H18BrNO4/c1-3-12-6-4-5-7-14(12)20-16(22)11-24-18-15(23-2)9-8-13(10-21)17(18)19/h4-10H,3,11H2,1-2H3,(H,20,22). The summed E-state index contributed by atoms with van der Waals surface area (Å²) >= 11 is 3.30. The van der Waals surface area contributed by atoms with Gasteiger partial charge < -0.3 is 14.8 Å². The minimum absolute atomic E-state index is 0.199. The van der Waals surface area contributed by atoms with Crippen LogP contribution in [0.1, 0.15) is 22.8 Å². The van der Waals surface area contributed by atoms with Crippen LogP contribution in [0.5, 0.6) is 11.5 Å². The third kappa shape index (κ3) is 4.14. The van der Waals surface area contributed by atoms with Crippen molar-refractivity contribution in [1.82, 2.24) is 0 Å². The van der Waals surface area contributed by atoms with Crippen LogP contribution in [0.15, 0.2) is 40.9 Å². The molecule has 0 saturated carbocycles. The van der Waals surface area contributed by atoms with Gasteiger partial charge in [-0.25, -0.2) is 0 Å². The Morgan fingerprint density at radius 3 is 2.67 bits per heavy atom. The fraction of sp³-hybridized carbons (Fsp3) is 0.222. The molecule has 2 rings (SSSR count). The highest BCUT2D eigenvalue weighted by atomic mass is 79.9. The highest BCUT2D eigenvalue weighted by Gasteiger charge is 2.15. The molecule has 1 amide bonds. The number of hydrogen-bond acceptors (Lipinski definition) is 4. The first-order valence-electron chi connectivity index (χ1n) is 7.42. The second-order valence-corrected chi connectivity index (χ2v) is 5.76. The number of carbonyl (C=O) groups excluding carboxylic acids is 2. The van der Waals surface area contributed by atoms with E-state index in [1.54, 1.807) is 12.1 Å². The first-order valence-corrected chi connectivity index (χ1v) is 8.22. The van der Waals surface area contributed by atoms with Gasteiger partial charge in [0, 0.05) is 11.3 Å². The van der Waals surface area contributed by atoms with E-state index in [0.29, 0.717) is 27.8 Å². The summed E-state index contributed by atoms with van der Waals surface area (Å²) in [5.74, 6) is 0.469. The Balaban J connectivity index is 2.10. The molecule has 0 aliphatic rings. The molecule has 0 aliphatic carbocycles. The second-order valence-electron chi connectivity index (χ2n) is 4.97. The van der Waals surface area contributed by atoms with E-state index in [4.69, 9.17) is 9.47 Å². The molecule has 1 N–H and O–H groups in total. The highest BCUT2D eigenvalue weighted by molar-refractivity contribution is 9.10. The van der Waals surface area contributed by atoms with Crippen molar-refractivity contribution in [2.45, 2.75) is 13.3 Å². The zero-order valence-electron chi connectivity index (χ0n) is 13.5. The van der Waals surface area contributed by atoms with Crippen LogP contribution in [0.4, 0.5) is 5.69 Å². The van der Waals surface area contributed by atoms with Gasteiger partial charge in [0.25, 0.3) is 5.91 Å². The molecular formula is C18H18BrNO4. The van der Waals surface area contributed by atoms with Crippen LogP contribution in [0, 0.1) is 0 Å². The van der Waals surface area contributed by atoms with Crippen molar-refractivity contribution in [2.75, 3.05) is 19.0 Å². The fourth-order valence-electron chi connectivity index (χ4n) is 2.21. The van der Waals surface area contributed by atoms with Gasteiger partial charge in [0.1, 0.15) is 0 Å². The Hall–Kier alpha value is -2.34. The summed E-state index contributed by atoms with van der Waals surface area (Å²) in [5.41, 5.74) is 2.23. The number of aldehydes is 1. The van der Waals surface area contributed by atoms with Crippen LogP contribution in [0.3, 0.4) is 0 Å². The zero-order chi connectivity index (χ0) is 17.5. The highest BCUT2D eigenvalue weighted by Crippen LogP contribution is 2.37. The summed E-state index contributed by atoms with van der Waals surface area (Å²) in [6.45, 7) is 1.82. The number of anilines is 1. The van der Waals surface area contributed by atoms with Crippen LogP contribution < -0.4 is 14.8 Å². The number of halogens is 1. The van der Waals surface area contributed by atoms with Crippen LogP contribution >= 0.6 is 15.9 Å². The number of nitrogens with one attached hydrogen (secondary N) is 1. The van der Waals surface area contributed by atoms with E-state index in [9.17, 15) is 9.59 Å². The van der Waals surface area contributed by atoms with E-state index in [0.717, 1.165) is 17.7 Å². The molecule has 24 heavy (non-hydrogen) atoms. The lowest BCUT2D eigenvalue weighted by molar-refractivity contribution is -0.118. The van der Waals surface area contributed by atoms with E-state index in [1.807, 2.05) is 31.2 Å². The van der Waals surface area contributed by atoms with E-state index in [2.05, 4.69) is 21.2 Å². The third-order valence-corrected chi connectivity index (χ3v) is 4.28. The van der Waals surface area contributed by atoms with Gasteiger partial charge in [-0.05, 0) is 46.1 Å². The van der Waals surface area contributed by atoms with E-state index in [1.165, 1.54) is 7.11 Å². The predicted molar refractivity (Wildman–Crippen MR) is 96.0 cm³/mol. The fourth-order valence-corrected chi connectivity index (χ4v) is 2.75. The number of carbonyl (C=O) groups is 2. The molecule has 0 radical (unpaired) electrons. The average Bonchev–Trinajstić information content (AvgIpc) is 2.60. The molecule has 0 unspecified atom stereocenters. The summed E-state index contributed by atoms with van der Waals surface area (Å²) in [6.07, 6.45) is 1.52. The molecule has 0 spiro atoms. The first kappa shape index (κ1) is 18.0. The minimum Gasteiger partial charge on any atom is -0.493 e. The maximum absolute atomic E-state index is 12.2. The number of methoxy groups -OCH3 is 1. The smallest absolute Gasteiger partial charge is 0.262 e. The Morgan fingerprint density at radius 2 is 2.00 bits per heavy atom. The molecule has 0 bridgehead atoms. The maximum Gasteiger partial charge on any atom is 0.262 e. The molecule has 6 heteroatoms. The van der Waals surface area contributed by atoms with Crippen molar-refractivity contribution in [1.29, 1.82) is 0 Å². The van der Waals surface area contributed by atoms with Crippen molar-refractivity contribution >= 4 is 33.8 Å². The van der Waals surface area contributed by atoms with Gasteiger partial charge >= 0.3 is 0 Å². The lowest BCUT2D eigenvalue weighted by atomic mass is 10.1. The van der Waals surface area contributed by atoms with Gasteiger partial charge in [-0.15, -0.1) is 0 Å². The summed E-state index contributed by atoms with van der Waals surface area (Å²) in [4.78, 5) is 23.2. The molecule has 0 fully saturated rings. The number of amides is 1. The van der Waals surface area contributed by atoms with Gasteiger partial charge in [0.2, 0.25) is 0 Å². The van der Waals surface area contributed by atoms with Crippen molar-refractivity contribution in [2.24, 2.45) is 0 Å². The number of para-hydroxylation sites is 1. The Bertz CT molecular complexity index is 746. The summed E-state index contributed by atoms with van der Waals surface area (Å²) < 4.78 is 11.2. The first-order chi connectivity index (χ1) is 11.6. The average molecular weight is 392 g/mol. The van der Waals surface area contributed by atoms with Gasteiger partial charge in [-0.1, -0.05) is 25.1 Å². The monoisotopic (exact) mass is 391 g/mol. The largest absolute Gasteiger partial charge is 0.493 e. The Kier molecular flexibility index (Phi) is 6.37. The molecule has 0 aromatic heterocycles. The SMILES string of the molecule is CCc1ccccc1NC(=O)COc1c(OC)ccc(C=O)c1Br. The Morgan fingerprint density at radius 1 is 1.25 bits per heavy atom. The van der Waals surface area contributed by atoms with Crippen molar-refractivity contribution in [3.8, 4) is 11.5 Å². The molecule has 126 valence electrons. The van der Waals surface area contributed by atoms with Crippen molar-refractivity contribution in [3.63, 3.8) is 0 Å². The topological polar surface area (TPSA) is 64.6 Å². The molecule has 0 heterocycles. The molecule has 0 saturated heterocycles. The molecule has 5 nitrogen and oxygen atoms in total. The van der Waals surface area contributed by atoms with Crippen molar-refractivity contribution < 1.29 is 19.1 Å². The minimum atomic E-state index is -0.290. The molecule has 0 atom stereocenters. The summed E-state index contributed by atoms with van der Waals surface area (Å²) in [6, 6.07) is 10.8. The number of hydrogen-bond donors (Lipinski definition) is 1. The van der Waals surface area contributed by atoms with Gasteiger partial charge in [0.05, 0.1) is 11.6 Å². The lowest BCUT2D eigenvalue weighted by Gasteiger charge is -2.14. The summed E-state index contributed by atoms with van der Waals surface area (Å²) in [7, 11) is 1.49. The molecule has 0 aliphatic heterocycles. The van der Waals surface area contributed by atoms with Gasteiger partial charge in [-0.2, -0.15) is 0 Å². The zero-order valence-corrected chi connectivity index (χ0v) is 15.1. The normalized spacial score (nSPS) is 10.1. The molecule has 2 aromatic rings. The second kappa shape index (κ2) is 8.49. The van der Waals surface area contributed by atoms with Crippen LogP contribution in [0.25, 0.3) is 0 Å². The molecule has 2 aromatic carbocycles. The number of rotatable bonds is 7. The van der Waals surface area contributed by atoms with Crippen LogP contribution in [-0.4, -0.2) is 25.9 Å². The van der Waals surface area contributed by atoms with Crippen molar-refractivity contribution in [3.05, 3.63) is 52.0 Å². The van der Waals surface area contributed by atoms with Gasteiger partial charge in [0.15, 0.2) is 24.4 Å². The van der Waals surface area contributed by atoms with Crippen LogP contribution in [-0.2, 0) is 11.2 Å². The van der Waals surface area contributed by atoms with Crippen LogP contribution in [0.2, 0.25) is 0 Å². The van der Waals surface area contributed by atoms with Gasteiger partial charge in [-0.3, -0.25) is 9.59 Å². The van der Waals surface area contributed by atoms with E-state index >= 15 is 0 Å². The number of benzene rings is 2. The number of aryl methyl sites for hydroxylation is 1. The Labute approximate surface area is 149 Å². The molecular weight excluding hydrogens is 374 g/mol. The van der Waals surface area contributed by atoms with E-state index in [-0.39, 0.29) is 12.5 Å². The predicted octanol–water partition coefficient (Wildman–Crippen LogP) is 3.85.